The Morgan fingerprint density at radius 3 is 2.65 bits per heavy atom. The van der Waals surface area contributed by atoms with E-state index in [1.165, 1.54) is 12.8 Å². The van der Waals surface area contributed by atoms with Crippen LogP contribution in [-0.2, 0) is 19.1 Å². The minimum absolute atomic E-state index is 0.00514. The fraction of sp³-hybridized carbons (Fsp3) is 0.895. The van der Waals surface area contributed by atoms with Crippen LogP contribution in [0.1, 0.15) is 64.7 Å². The largest absolute Gasteiger partial charge is 0.465 e. The lowest BCUT2D eigenvalue weighted by molar-refractivity contribution is -0.170. The fourth-order valence-electron chi connectivity index (χ4n) is 7.08. The summed E-state index contributed by atoms with van der Waals surface area (Å²) in [6, 6.07) is 0. The molecule has 4 heteroatoms. The predicted molar refractivity (Wildman–Crippen MR) is 82.3 cm³/mol. The summed E-state index contributed by atoms with van der Waals surface area (Å²) >= 11 is 0. The van der Waals surface area contributed by atoms with Crippen molar-refractivity contribution in [3.8, 4) is 0 Å². The van der Waals surface area contributed by atoms with E-state index in [2.05, 4.69) is 6.92 Å². The minimum Gasteiger partial charge on any atom is -0.465 e. The van der Waals surface area contributed by atoms with Crippen LogP contribution in [0.4, 0.5) is 0 Å². The molecule has 0 aromatic heterocycles. The van der Waals surface area contributed by atoms with E-state index >= 15 is 0 Å². The van der Waals surface area contributed by atoms with Crippen LogP contribution in [-0.4, -0.2) is 24.1 Å². The van der Waals surface area contributed by atoms with Crippen molar-refractivity contribution in [3.63, 3.8) is 0 Å². The Labute approximate surface area is 137 Å². The zero-order valence-corrected chi connectivity index (χ0v) is 13.9. The lowest BCUT2D eigenvalue weighted by Crippen LogP contribution is -2.55. The van der Waals surface area contributed by atoms with Gasteiger partial charge in [0.25, 0.3) is 0 Å². The van der Waals surface area contributed by atoms with Crippen LogP contribution in [0.5, 0.6) is 0 Å². The van der Waals surface area contributed by atoms with Gasteiger partial charge >= 0.3 is 11.9 Å². The summed E-state index contributed by atoms with van der Waals surface area (Å²) in [4.78, 5) is 24.2. The van der Waals surface area contributed by atoms with E-state index < -0.39 is 0 Å². The lowest BCUT2D eigenvalue weighted by Gasteiger charge is -2.56. The van der Waals surface area contributed by atoms with Crippen molar-refractivity contribution in [2.75, 3.05) is 6.61 Å². The summed E-state index contributed by atoms with van der Waals surface area (Å²) in [6.45, 7) is 2.72. The van der Waals surface area contributed by atoms with Gasteiger partial charge in [-0.3, -0.25) is 9.59 Å². The average molecular weight is 318 g/mol. The third-order valence-corrected chi connectivity index (χ3v) is 8.09. The quantitative estimate of drug-likeness (QED) is 0.644. The highest BCUT2D eigenvalue weighted by atomic mass is 16.6. The molecule has 0 amide bonds. The maximum Gasteiger partial charge on any atom is 0.312 e. The summed E-state index contributed by atoms with van der Waals surface area (Å²) < 4.78 is 11.5. The van der Waals surface area contributed by atoms with Gasteiger partial charge in [0.1, 0.15) is 5.60 Å². The fourth-order valence-corrected chi connectivity index (χ4v) is 7.08. The van der Waals surface area contributed by atoms with Crippen molar-refractivity contribution >= 4 is 11.9 Å². The lowest BCUT2D eigenvalue weighted by atomic mass is 9.48. The van der Waals surface area contributed by atoms with Gasteiger partial charge in [-0.1, -0.05) is 6.42 Å². The van der Waals surface area contributed by atoms with Crippen LogP contribution in [0.3, 0.4) is 0 Å². The molecule has 5 rings (SSSR count). The molecule has 5 aliphatic rings. The van der Waals surface area contributed by atoms with Gasteiger partial charge < -0.3 is 9.47 Å². The molecule has 126 valence electrons. The molecule has 2 spiro atoms. The minimum atomic E-state index is -0.234. The molecule has 6 unspecified atom stereocenters. The van der Waals surface area contributed by atoms with Crippen molar-refractivity contribution in [2.45, 2.75) is 70.3 Å². The number of hydrogen-bond donors (Lipinski definition) is 0. The Kier molecular flexibility index (Phi) is 2.68. The summed E-state index contributed by atoms with van der Waals surface area (Å²) in [5.74, 6) is 1.75. The molecule has 3 aliphatic carbocycles. The van der Waals surface area contributed by atoms with Crippen LogP contribution in [0, 0.1) is 28.6 Å². The molecule has 0 radical (unpaired) electrons. The second kappa shape index (κ2) is 4.31. The molecule has 0 N–H and O–H groups in total. The third kappa shape index (κ3) is 1.73. The first kappa shape index (κ1) is 14.3. The van der Waals surface area contributed by atoms with Crippen LogP contribution >= 0.6 is 0 Å². The number of carbonyl (C=O) groups is 2. The molecule has 0 aromatic carbocycles. The molecule has 0 aromatic rings. The summed E-state index contributed by atoms with van der Waals surface area (Å²) in [7, 11) is 0. The standard InChI is InChI=1S/C19H26O4/c1-17-7-4-14-12-3-2-6-18(9-15(20)22-11-18)13(12)5-8-19(14,10-17)23-16(17)21/h12-14H,2-11H2,1H3. The van der Waals surface area contributed by atoms with Crippen molar-refractivity contribution in [1.29, 1.82) is 0 Å². The van der Waals surface area contributed by atoms with Gasteiger partial charge in [-0.15, -0.1) is 0 Å². The first-order chi connectivity index (χ1) is 11.0. The number of rotatable bonds is 0. The van der Waals surface area contributed by atoms with Crippen molar-refractivity contribution in [1.82, 2.24) is 0 Å². The molecule has 2 bridgehead atoms. The summed E-state index contributed by atoms with van der Waals surface area (Å²) in [5, 5.41) is 0. The van der Waals surface area contributed by atoms with Crippen LogP contribution < -0.4 is 0 Å². The van der Waals surface area contributed by atoms with Gasteiger partial charge in [0.2, 0.25) is 0 Å². The first-order valence-corrected chi connectivity index (χ1v) is 9.36. The number of ether oxygens (including phenoxy) is 2. The summed E-state index contributed by atoms with van der Waals surface area (Å²) in [6.07, 6.45) is 9.30. The van der Waals surface area contributed by atoms with E-state index in [1.54, 1.807) is 0 Å². The molecule has 6 atom stereocenters. The summed E-state index contributed by atoms with van der Waals surface area (Å²) in [5.41, 5.74) is -0.333. The van der Waals surface area contributed by atoms with Crippen molar-refractivity contribution in [2.24, 2.45) is 28.6 Å². The maximum absolute atomic E-state index is 12.4. The molecule has 2 saturated heterocycles. The topological polar surface area (TPSA) is 52.6 Å². The zero-order chi connectivity index (χ0) is 15.9. The normalized spacial score (nSPS) is 54.4. The molecular formula is C19H26O4. The van der Waals surface area contributed by atoms with E-state index in [4.69, 9.17) is 9.47 Å². The van der Waals surface area contributed by atoms with E-state index in [9.17, 15) is 9.59 Å². The number of cyclic esters (lactones) is 1. The van der Waals surface area contributed by atoms with Crippen LogP contribution in [0.15, 0.2) is 0 Å². The predicted octanol–water partition coefficient (Wildman–Crippen LogP) is 3.23. The van der Waals surface area contributed by atoms with Gasteiger partial charge in [0, 0.05) is 17.8 Å². The molecule has 5 fully saturated rings. The first-order valence-electron chi connectivity index (χ1n) is 9.36. The molecular weight excluding hydrogens is 292 g/mol. The van der Waals surface area contributed by atoms with Gasteiger partial charge in [-0.05, 0) is 57.3 Å². The average Bonchev–Trinajstić information content (AvgIpc) is 2.96. The molecule has 3 saturated carbocycles. The number of carbonyl (C=O) groups excluding carboxylic acids is 2. The highest BCUT2D eigenvalue weighted by Crippen LogP contribution is 2.65. The van der Waals surface area contributed by atoms with E-state index in [0.717, 1.165) is 38.5 Å². The van der Waals surface area contributed by atoms with E-state index in [0.29, 0.717) is 30.8 Å². The number of hydrogen-bond acceptors (Lipinski definition) is 4. The smallest absolute Gasteiger partial charge is 0.312 e. The Morgan fingerprint density at radius 2 is 1.87 bits per heavy atom. The van der Waals surface area contributed by atoms with Gasteiger partial charge in [0.05, 0.1) is 18.4 Å². The Morgan fingerprint density at radius 1 is 1.04 bits per heavy atom. The van der Waals surface area contributed by atoms with Gasteiger partial charge in [-0.25, -0.2) is 0 Å². The van der Waals surface area contributed by atoms with Crippen molar-refractivity contribution in [3.05, 3.63) is 0 Å². The number of esters is 2. The van der Waals surface area contributed by atoms with E-state index in [-0.39, 0.29) is 28.4 Å². The number of fused-ring (bicyclic) bond motifs is 4. The monoisotopic (exact) mass is 318 g/mol. The van der Waals surface area contributed by atoms with Crippen LogP contribution in [0.2, 0.25) is 0 Å². The highest BCUT2D eigenvalue weighted by molar-refractivity contribution is 5.80. The SMILES string of the molecule is CC12CCC3C4CCCC5(COC(=O)C5)C4CCC3(C1)OC2=O. The maximum atomic E-state index is 12.4. The van der Waals surface area contributed by atoms with Crippen molar-refractivity contribution < 1.29 is 19.1 Å². The Hall–Kier alpha value is -1.06. The zero-order valence-electron chi connectivity index (χ0n) is 13.9. The van der Waals surface area contributed by atoms with E-state index in [1.807, 2.05) is 0 Å². The molecule has 2 aliphatic heterocycles. The Bertz CT molecular complexity index is 586. The van der Waals surface area contributed by atoms with Gasteiger partial charge in [0.15, 0.2) is 0 Å². The molecule has 23 heavy (non-hydrogen) atoms. The second-order valence-corrected chi connectivity index (χ2v) is 9.24. The molecule has 2 heterocycles. The van der Waals surface area contributed by atoms with Crippen LogP contribution in [0.25, 0.3) is 0 Å². The highest BCUT2D eigenvalue weighted by Gasteiger charge is 2.66. The second-order valence-electron chi connectivity index (χ2n) is 9.24. The molecule has 4 nitrogen and oxygen atoms in total. The van der Waals surface area contributed by atoms with Gasteiger partial charge in [-0.2, -0.15) is 0 Å². The Balaban J connectivity index is 1.49. The third-order valence-electron chi connectivity index (χ3n) is 8.09.